The van der Waals surface area contributed by atoms with Crippen LogP contribution in [0.15, 0.2) is 12.2 Å². The molecule has 1 unspecified atom stereocenters. The Hall–Kier alpha value is -2.14. The average Bonchev–Trinajstić information content (AvgIpc) is 2.89. The molecule has 25 heavy (non-hydrogen) atoms. The number of aliphatic hydroxyl groups is 1. The van der Waals surface area contributed by atoms with E-state index in [1.165, 1.54) is 0 Å². The van der Waals surface area contributed by atoms with Gasteiger partial charge in [0.15, 0.2) is 6.23 Å². The topological polar surface area (TPSA) is 134 Å². The smallest absolute Gasteiger partial charge is 0.254 e. The first-order chi connectivity index (χ1) is 12.0. The van der Waals surface area contributed by atoms with Gasteiger partial charge in [-0.25, -0.2) is 0 Å². The Labute approximate surface area is 145 Å². The van der Waals surface area contributed by atoms with E-state index in [0.717, 1.165) is 17.1 Å². The van der Waals surface area contributed by atoms with Crippen molar-refractivity contribution in [3.05, 3.63) is 12.2 Å². The molecule has 1 aliphatic rings. The van der Waals surface area contributed by atoms with Crippen LogP contribution < -0.4 is 10.6 Å². The van der Waals surface area contributed by atoms with Gasteiger partial charge in [-0.3, -0.25) is 29.4 Å². The summed E-state index contributed by atoms with van der Waals surface area (Å²) in [7, 11) is 0. The molecule has 0 fully saturated rings. The molecule has 10 nitrogen and oxygen atoms in total. The molecule has 0 saturated carbocycles. The Kier molecular flexibility index (Phi) is 9.55. The van der Waals surface area contributed by atoms with Gasteiger partial charge in [0.25, 0.3) is 11.8 Å². The number of ketones is 1. The van der Waals surface area contributed by atoms with Crippen LogP contribution in [0.5, 0.6) is 0 Å². The Morgan fingerprint density at radius 3 is 2.56 bits per heavy atom. The largest absolute Gasteiger partial charge is 0.396 e. The van der Waals surface area contributed by atoms with E-state index in [2.05, 4.69) is 10.6 Å². The number of hydrogen-bond acceptors (Lipinski definition) is 8. The van der Waals surface area contributed by atoms with Gasteiger partial charge in [0.2, 0.25) is 11.7 Å². The lowest BCUT2D eigenvalue weighted by atomic mass is 10.3. The van der Waals surface area contributed by atoms with Crippen LogP contribution in [0.2, 0.25) is 0 Å². The van der Waals surface area contributed by atoms with E-state index in [1.807, 2.05) is 6.92 Å². The first-order valence-corrected chi connectivity index (χ1v) is 7.86. The number of carbonyl (C=O) groups excluding carboxylic acids is 4. The quantitative estimate of drug-likeness (QED) is 0.194. The third-order valence-corrected chi connectivity index (χ3v) is 3.11. The number of carbonyl (C=O) groups is 4. The highest BCUT2D eigenvalue weighted by atomic mass is 16.5. The second kappa shape index (κ2) is 11.4. The van der Waals surface area contributed by atoms with Gasteiger partial charge in [-0.1, -0.05) is 0 Å². The normalized spacial score (nSPS) is 14.9. The van der Waals surface area contributed by atoms with Crippen molar-refractivity contribution in [3.63, 3.8) is 0 Å². The van der Waals surface area contributed by atoms with Crippen molar-refractivity contribution in [1.29, 1.82) is 0 Å². The standard InChI is InChI=1S/C15H23N3O7/c1-2-24-10-16-6-8-25-15(17-12(21)5-7-19)11(20)9-18-13(22)3-4-14(18)23/h3-4,15-16,19H,2,5-10H2,1H3,(H,17,21). The highest BCUT2D eigenvalue weighted by Gasteiger charge is 2.30. The molecule has 10 heteroatoms. The molecule has 0 saturated heterocycles. The van der Waals surface area contributed by atoms with Crippen molar-refractivity contribution in [2.75, 3.05) is 39.6 Å². The van der Waals surface area contributed by atoms with Gasteiger partial charge < -0.3 is 19.9 Å². The zero-order valence-corrected chi connectivity index (χ0v) is 14.0. The van der Waals surface area contributed by atoms with Crippen molar-refractivity contribution in [3.8, 4) is 0 Å². The number of ether oxygens (including phenoxy) is 2. The van der Waals surface area contributed by atoms with Crippen LogP contribution in [0.1, 0.15) is 13.3 Å². The summed E-state index contributed by atoms with van der Waals surface area (Å²) in [6, 6.07) is 0. The summed E-state index contributed by atoms with van der Waals surface area (Å²) >= 11 is 0. The van der Waals surface area contributed by atoms with Crippen molar-refractivity contribution >= 4 is 23.5 Å². The lowest BCUT2D eigenvalue weighted by Gasteiger charge is -2.21. The van der Waals surface area contributed by atoms with Crippen LogP contribution in [0.25, 0.3) is 0 Å². The highest BCUT2D eigenvalue weighted by molar-refractivity contribution is 6.14. The summed E-state index contributed by atoms with van der Waals surface area (Å²) < 4.78 is 10.4. The average molecular weight is 357 g/mol. The zero-order valence-electron chi connectivity index (χ0n) is 14.0. The lowest BCUT2D eigenvalue weighted by Crippen LogP contribution is -2.49. The Balaban J connectivity index is 2.53. The molecule has 1 atom stereocenters. The summed E-state index contributed by atoms with van der Waals surface area (Å²) in [6.07, 6.45) is 0.605. The maximum absolute atomic E-state index is 12.3. The minimum atomic E-state index is -1.32. The number of amides is 3. The summed E-state index contributed by atoms with van der Waals surface area (Å²) in [5, 5.41) is 14.0. The summed E-state index contributed by atoms with van der Waals surface area (Å²) in [5.74, 6) is -2.43. The van der Waals surface area contributed by atoms with E-state index >= 15 is 0 Å². The minimum absolute atomic E-state index is 0.0863. The molecular formula is C15H23N3O7. The fraction of sp³-hybridized carbons (Fsp3) is 0.600. The van der Waals surface area contributed by atoms with Gasteiger partial charge in [0.1, 0.15) is 0 Å². The van der Waals surface area contributed by atoms with Gasteiger partial charge in [0.05, 0.1) is 26.5 Å². The summed E-state index contributed by atoms with van der Waals surface area (Å²) in [4.78, 5) is 47.6. The van der Waals surface area contributed by atoms with E-state index in [1.54, 1.807) is 0 Å². The van der Waals surface area contributed by atoms with E-state index in [4.69, 9.17) is 14.6 Å². The predicted molar refractivity (Wildman–Crippen MR) is 84.9 cm³/mol. The van der Waals surface area contributed by atoms with Gasteiger partial charge >= 0.3 is 0 Å². The Bertz CT molecular complexity index is 503. The van der Waals surface area contributed by atoms with Crippen LogP contribution in [0.4, 0.5) is 0 Å². The molecule has 3 amide bonds. The highest BCUT2D eigenvalue weighted by Crippen LogP contribution is 2.05. The lowest BCUT2D eigenvalue weighted by molar-refractivity contribution is -0.146. The fourth-order valence-corrected chi connectivity index (χ4v) is 1.86. The van der Waals surface area contributed by atoms with Gasteiger partial charge in [-0.2, -0.15) is 0 Å². The molecule has 140 valence electrons. The third-order valence-electron chi connectivity index (χ3n) is 3.11. The number of imide groups is 1. The molecule has 0 radical (unpaired) electrons. The molecular weight excluding hydrogens is 334 g/mol. The molecule has 0 aromatic carbocycles. The Morgan fingerprint density at radius 2 is 1.96 bits per heavy atom. The maximum atomic E-state index is 12.3. The molecule has 3 N–H and O–H groups in total. The molecule has 0 aliphatic carbocycles. The molecule has 0 bridgehead atoms. The second-order valence-corrected chi connectivity index (χ2v) is 4.99. The van der Waals surface area contributed by atoms with E-state index in [0.29, 0.717) is 19.9 Å². The van der Waals surface area contributed by atoms with E-state index < -0.39 is 36.3 Å². The monoisotopic (exact) mass is 357 g/mol. The van der Waals surface area contributed by atoms with Crippen LogP contribution in [-0.2, 0) is 28.7 Å². The number of nitrogens with zero attached hydrogens (tertiary/aromatic N) is 1. The van der Waals surface area contributed by atoms with E-state index in [9.17, 15) is 19.2 Å². The van der Waals surface area contributed by atoms with Crippen molar-refractivity contribution in [1.82, 2.24) is 15.5 Å². The summed E-state index contributed by atoms with van der Waals surface area (Å²) in [6.45, 7) is 2.28. The number of Topliss-reactive ketones (excluding diaryl/α,β-unsaturated/α-hetero) is 1. The van der Waals surface area contributed by atoms with Gasteiger partial charge in [0, 0.05) is 31.7 Å². The molecule has 0 spiro atoms. The maximum Gasteiger partial charge on any atom is 0.254 e. The molecule has 1 heterocycles. The van der Waals surface area contributed by atoms with Crippen molar-refractivity contribution in [2.24, 2.45) is 0 Å². The number of rotatable bonds is 13. The zero-order chi connectivity index (χ0) is 18.7. The first-order valence-electron chi connectivity index (χ1n) is 7.86. The SMILES string of the molecule is CCOCNCCOC(NC(=O)CCO)C(=O)CN1C(=O)C=CC1=O. The van der Waals surface area contributed by atoms with E-state index in [-0.39, 0.29) is 19.6 Å². The number of nitrogens with one attached hydrogen (secondary N) is 2. The third kappa shape index (κ3) is 7.52. The first kappa shape index (κ1) is 20.9. The molecule has 1 rings (SSSR count). The molecule has 0 aromatic rings. The van der Waals surface area contributed by atoms with Crippen molar-refractivity contribution < 1.29 is 33.8 Å². The molecule has 0 aromatic heterocycles. The number of hydrogen-bond donors (Lipinski definition) is 3. The second-order valence-electron chi connectivity index (χ2n) is 4.99. The van der Waals surface area contributed by atoms with Gasteiger partial charge in [-0.05, 0) is 6.92 Å². The predicted octanol–water partition coefficient (Wildman–Crippen LogP) is -2.09. The summed E-state index contributed by atoms with van der Waals surface area (Å²) in [5.41, 5.74) is 0. The van der Waals surface area contributed by atoms with Crippen LogP contribution >= 0.6 is 0 Å². The van der Waals surface area contributed by atoms with Crippen LogP contribution in [0, 0.1) is 0 Å². The number of aliphatic hydroxyl groups excluding tert-OH is 1. The minimum Gasteiger partial charge on any atom is -0.396 e. The van der Waals surface area contributed by atoms with Crippen molar-refractivity contribution in [2.45, 2.75) is 19.6 Å². The van der Waals surface area contributed by atoms with Crippen LogP contribution in [0.3, 0.4) is 0 Å². The van der Waals surface area contributed by atoms with Crippen LogP contribution in [-0.4, -0.2) is 79.4 Å². The Morgan fingerprint density at radius 1 is 1.28 bits per heavy atom. The van der Waals surface area contributed by atoms with Gasteiger partial charge in [-0.15, -0.1) is 0 Å². The molecule has 1 aliphatic heterocycles. The fourth-order valence-electron chi connectivity index (χ4n) is 1.86.